The van der Waals surface area contributed by atoms with Crippen molar-refractivity contribution >= 4 is 5.95 Å². The van der Waals surface area contributed by atoms with Gasteiger partial charge in [0.25, 0.3) is 0 Å². The molecule has 0 unspecified atom stereocenters. The molecule has 0 aliphatic carbocycles. The van der Waals surface area contributed by atoms with Crippen molar-refractivity contribution in [3.63, 3.8) is 0 Å². The molecule has 0 aliphatic heterocycles. The minimum absolute atomic E-state index is 0.245. The van der Waals surface area contributed by atoms with Gasteiger partial charge in [-0.25, -0.2) is 10.4 Å². The lowest BCUT2D eigenvalue weighted by molar-refractivity contribution is -0.846. The molecule has 0 saturated heterocycles. The van der Waals surface area contributed by atoms with Gasteiger partial charge in [-0.1, -0.05) is 5.10 Å². The quantitative estimate of drug-likeness (QED) is 0.256. The zero-order valence-electron chi connectivity index (χ0n) is 5.04. The van der Waals surface area contributed by atoms with E-state index in [1.165, 1.54) is 0 Å². The normalized spacial score (nSPS) is 7.73. The Hall–Kier alpha value is -1.97. The van der Waals surface area contributed by atoms with Crippen molar-refractivity contribution in [1.29, 1.82) is 0 Å². The van der Waals surface area contributed by atoms with Crippen molar-refractivity contribution < 1.29 is 15.3 Å². The summed E-state index contributed by atoms with van der Waals surface area (Å²) in [5, 5.41) is 26.3. The summed E-state index contributed by atoms with van der Waals surface area (Å²) in [6.45, 7) is 0. The first-order valence-electron chi connectivity index (χ1n) is 2.12. The maximum atomic E-state index is 8.70. The van der Waals surface area contributed by atoms with Gasteiger partial charge in [-0.15, -0.1) is 15.1 Å². The third-order valence-electron chi connectivity index (χ3n) is 0.428. The highest BCUT2D eigenvalue weighted by atomic mass is 17.3. The summed E-state index contributed by atoms with van der Waals surface area (Å²) in [6.07, 6.45) is 0. The predicted molar refractivity (Wildman–Crippen MR) is 29.3 cm³/mol. The lowest BCUT2D eigenvalue weighted by Crippen LogP contribution is -1.92. The molecule has 0 spiro atoms. The molecule has 0 atom stereocenters. The Morgan fingerprint density at radius 2 is 2.36 bits per heavy atom. The molecule has 0 aromatic carbocycles. The van der Waals surface area contributed by atoms with Crippen LogP contribution in [-0.4, -0.2) is 31.0 Å². The smallest absolute Gasteiger partial charge is 0.322 e. The van der Waals surface area contributed by atoms with E-state index in [4.69, 9.17) is 21.1 Å². The highest BCUT2D eigenvalue weighted by molar-refractivity contribution is 5.05. The van der Waals surface area contributed by atoms with Crippen molar-refractivity contribution in [3.8, 4) is 0 Å². The van der Waals surface area contributed by atoms with Crippen molar-refractivity contribution in [1.82, 2.24) is 20.6 Å². The molecule has 10 heteroatoms. The van der Waals surface area contributed by atoms with E-state index in [2.05, 4.69) is 25.6 Å². The van der Waals surface area contributed by atoms with Gasteiger partial charge in [0.2, 0.25) is 5.95 Å². The van der Waals surface area contributed by atoms with Gasteiger partial charge in [-0.05, 0) is 10.4 Å². The zero-order valence-corrected chi connectivity index (χ0v) is 5.04. The topological polar surface area (TPSA) is 153 Å². The second-order valence-electron chi connectivity index (χ2n) is 1.09. The number of hydrogen-bond donors (Lipinski definition) is 3. The van der Waals surface area contributed by atoms with Gasteiger partial charge in [-0.2, -0.15) is 0 Å². The first kappa shape index (κ1) is 9.03. The van der Waals surface area contributed by atoms with Crippen LogP contribution in [0.3, 0.4) is 0 Å². The van der Waals surface area contributed by atoms with Crippen LogP contribution in [0.5, 0.6) is 0 Å². The average Bonchev–Trinajstić information content (AvgIpc) is 2.41. The number of H-pyrrole nitrogens is 1. The lowest BCUT2D eigenvalue weighted by atomic mass is 11.2. The molecule has 0 radical (unpaired) electrons. The van der Waals surface area contributed by atoms with Gasteiger partial charge < -0.3 is 5.73 Å². The summed E-state index contributed by atoms with van der Waals surface area (Å²) in [7, 11) is 0. The number of nitrogens with zero attached hydrogens (tertiary/aromatic N) is 4. The van der Waals surface area contributed by atoms with Gasteiger partial charge in [0.1, 0.15) is 0 Å². The van der Waals surface area contributed by atoms with E-state index in [9.17, 15) is 0 Å². The average molecular weight is 164 g/mol. The van der Waals surface area contributed by atoms with Crippen LogP contribution in [0, 0.1) is 10.1 Å². The van der Waals surface area contributed by atoms with E-state index in [0.29, 0.717) is 0 Å². The van der Waals surface area contributed by atoms with E-state index in [-0.39, 0.29) is 5.95 Å². The van der Waals surface area contributed by atoms with Crippen molar-refractivity contribution in [3.05, 3.63) is 10.1 Å². The summed E-state index contributed by atoms with van der Waals surface area (Å²) >= 11 is 0. The molecule has 4 N–H and O–H groups in total. The summed E-state index contributed by atoms with van der Waals surface area (Å²) in [6, 6.07) is 0. The van der Waals surface area contributed by atoms with Crippen LogP contribution in [0.1, 0.15) is 0 Å². The largest absolute Gasteiger partial charge is 0.367 e. The molecular formula is CH4N6O4. The van der Waals surface area contributed by atoms with Gasteiger partial charge in [0.05, 0.1) is 0 Å². The number of aromatic nitrogens is 4. The Bertz CT molecular complexity index is 194. The summed E-state index contributed by atoms with van der Waals surface area (Å²) in [4.78, 5) is 11.2. The molecule has 11 heavy (non-hydrogen) atoms. The van der Waals surface area contributed by atoms with Crippen LogP contribution < -0.4 is 5.73 Å². The number of rotatable bonds is 1. The molecule has 0 bridgehead atoms. The minimum Gasteiger partial charge on any atom is -0.367 e. The fraction of sp³-hybridized carbons (Fsp3) is 0. The summed E-state index contributed by atoms with van der Waals surface area (Å²) < 4.78 is 0. The molecule has 0 saturated carbocycles. The highest BCUT2D eigenvalue weighted by Crippen LogP contribution is 1.72. The number of anilines is 1. The Morgan fingerprint density at radius 3 is 2.45 bits per heavy atom. The molecule has 62 valence electrons. The SMILES string of the molecule is Nc1nnn[nH]1.O=[N+]([O-])OO. The minimum atomic E-state index is -1.32. The van der Waals surface area contributed by atoms with Gasteiger partial charge in [-0.3, -0.25) is 0 Å². The van der Waals surface area contributed by atoms with Gasteiger partial charge >= 0.3 is 5.09 Å². The first-order chi connectivity index (χ1) is 5.16. The van der Waals surface area contributed by atoms with E-state index in [1.54, 1.807) is 0 Å². The summed E-state index contributed by atoms with van der Waals surface area (Å²) in [5.41, 5.74) is 4.99. The molecule has 1 rings (SSSR count). The molecule has 1 heterocycles. The number of nitrogens with one attached hydrogen (secondary N) is 1. The van der Waals surface area contributed by atoms with Crippen LogP contribution in [0.2, 0.25) is 0 Å². The van der Waals surface area contributed by atoms with Crippen molar-refractivity contribution in [2.24, 2.45) is 0 Å². The Labute approximate surface area is 59.0 Å². The maximum absolute atomic E-state index is 8.70. The number of tetrazole rings is 1. The second-order valence-corrected chi connectivity index (χ2v) is 1.09. The van der Waals surface area contributed by atoms with Crippen LogP contribution in [-0.2, 0) is 4.99 Å². The molecule has 0 aliphatic rings. The Kier molecular flexibility index (Phi) is 4.00. The van der Waals surface area contributed by atoms with E-state index in [0.717, 1.165) is 0 Å². The molecular weight excluding hydrogens is 160 g/mol. The monoisotopic (exact) mass is 164 g/mol. The molecule has 1 aromatic heterocycles. The number of nitrogens with two attached hydrogens (primary N) is 1. The van der Waals surface area contributed by atoms with Crippen LogP contribution in [0.25, 0.3) is 0 Å². The van der Waals surface area contributed by atoms with Crippen molar-refractivity contribution in [2.75, 3.05) is 5.73 Å². The van der Waals surface area contributed by atoms with E-state index in [1.807, 2.05) is 0 Å². The molecule has 10 nitrogen and oxygen atoms in total. The van der Waals surface area contributed by atoms with Crippen LogP contribution in [0.4, 0.5) is 5.95 Å². The fourth-order valence-electron chi connectivity index (χ4n) is 0.166. The number of aromatic amines is 1. The van der Waals surface area contributed by atoms with Gasteiger partial charge in [0, 0.05) is 0 Å². The highest BCUT2D eigenvalue weighted by Gasteiger charge is 1.80. The lowest BCUT2D eigenvalue weighted by Gasteiger charge is -1.72. The maximum Gasteiger partial charge on any atom is 0.322 e. The molecule has 0 fully saturated rings. The first-order valence-corrected chi connectivity index (χ1v) is 2.12. The van der Waals surface area contributed by atoms with Crippen LogP contribution >= 0.6 is 0 Å². The fourth-order valence-corrected chi connectivity index (χ4v) is 0.166. The van der Waals surface area contributed by atoms with Gasteiger partial charge in [0.15, 0.2) is 0 Å². The third-order valence-corrected chi connectivity index (χ3v) is 0.428. The molecule has 0 amide bonds. The predicted octanol–water partition coefficient (Wildman–Crippen LogP) is -1.55. The van der Waals surface area contributed by atoms with E-state index < -0.39 is 5.09 Å². The zero-order chi connectivity index (χ0) is 8.69. The molecule has 1 aromatic rings. The van der Waals surface area contributed by atoms with Crippen molar-refractivity contribution in [2.45, 2.75) is 0 Å². The number of hydrogen-bond acceptors (Lipinski definition) is 8. The Balaban J connectivity index is 0.000000187. The van der Waals surface area contributed by atoms with E-state index >= 15 is 0 Å². The number of nitrogen functional groups attached to an aromatic ring is 1. The Morgan fingerprint density at radius 1 is 1.82 bits per heavy atom. The summed E-state index contributed by atoms with van der Waals surface area (Å²) in [5.74, 6) is 0.245. The standard InChI is InChI=1S/CH3N5.HNO4/c2-1-3-5-6-4-1;2-1(3)5-4/h(H3,2,3,4,5,6);4H. The van der Waals surface area contributed by atoms with Crippen LogP contribution in [0.15, 0.2) is 0 Å². The third kappa shape index (κ3) is 5.91. The second kappa shape index (κ2) is 4.87.